The second-order valence-electron chi connectivity index (χ2n) is 3.70. The Morgan fingerprint density at radius 3 is 2.58 bits per heavy atom. The number of Topliss-reactive ketones (excluding diaryl/α,β-unsaturated/α-hetero) is 1. The molecule has 1 atom stereocenters. The summed E-state index contributed by atoms with van der Waals surface area (Å²) in [6.07, 6.45) is 0. The van der Waals surface area contributed by atoms with Crippen molar-refractivity contribution in [1.29, 1.82) is 5.26 Å². The van der Waals surface area contributed by atoms with Crippen LogP contribution in [0.25, 0.3) is 0 Å². The summed E-state index contributed by atoms with van der Waals surface area (Å²) in [5.41, 5.74) is -0.207. The quantitative estimate of drug-likeness (QED) is 0.806. The molecule has 2 rings (SSSR count). The average molecular weight is 282 g/mol. The zero-order valence-electron chi connectivity index (χ0n) is 9.36. The number of nitrogens with zero attached hydrogens (tertiary/aromatic N) is 1. The number of benzene rings is 1. The Morgan fingerprint density at radius 2 is 2.05 bits per heavy atom. The molecule has 19 heavy (non-hydrogen) atoms. The van der Waals surface area contributed by atoms with Crippen LogP contribution in [0.4, 0.5) is 8.78 Å². The molecule has 0 saturated carbocycles. The van der Waals surface area contributed by atoms with Gasteiger partial charge in [0.25, 0.3) is 0 Å². The summed E-state index contributed by atoms with van der Waals surface area (Å²) >= 11 is 5.52. The van der Waals surface area contributed by atoms with Crippen LogP contribution in [-0.4, -0.2) is 5.78 Å². The number of halogens is 3. The molecular formula is C13H6ClF2NO2. The van der Waals surface area contributed by atoms with E-state index in [9.17, 15) is 13.6 Å². The predicted octanol–water partition coefficient (Wildman–Crippen LogP) is 3.70. The molecule has 3 nitrogen and oxygen atoms in total. The van der Waals surface area contributed by atoms with Crippen LogP contribution in [0, 0.1) is 23.0 Å². The van der Waals surface area contributed by atoms with E-state index < -0.39 is 23.3 Å². The fourth-order valence-electron chi connectivity index (χ4n) is 1.59. The van der Waals surface area contributed by atoms with E-state index in [4.69, 9.17) is 21.3 Å². The number of nitriles is 1. The van der Waals surface area contributed by atoms with Crippen LogP contribution in [-0.2, 0) is 0 Å². The van der Waals surface area contributed by atoms with E-state index in [0.717, 1.165) is 12.1 Å². The standard InChI is InChI=1S/C13H6ClF2NO2/c14-12-4-3-11(19-12)13(18)9(6-17)8-2-1-7(15)5-10(8)16/h1-5,9H. The molecule has 0 radical (unpaired) electrons. The lowest BCUT2D eigenvalue weighted by Crippen LogP contribution is -2.12. The second-order valence-corrected chi connectivity index (χ2v) is 4.07. The Labute approximate surface area is 112 Å². The maximum absolute atomic E-state index is 13.6. The Hall–Kier alpha value is -2.19. The van der Waals surface area contributed by atoms with Gasteiger partial charge in [-0.2, -0.15) is 5.26 Å². The van der Waals surface area contributed by atoms with Crippen LogP contribution in [0.1, 0.15) is 22.0 Å². The zero-order valence-corrected chi connectivity index (χ0v) is 10.1. The van der Waals surface area contributed by atoms with E-state index in [2.05, 4.69) is 0 Å². The molecule has 6 heteroatoms. The molecular weight excluding hydrogens is 276 g/mol. The molecule has 1 unspecified atom stereocenters. The van der Waals surface area contributed by atoms with Gasteiger partial charge in [-0.25, -0.2) is 8.78 Å². The number of ketones is 1. The van der Waals surface area contributed by atoms with E-state index >= 15 is 0 Å². The summed E-state index contributed by atoms with van der Waals surface area (Å²) in [5, 5.41) is 8.99. The first-order valence-electron chi connectivity index (χ1n) is 5.17. The van der Waals surface area contributed by atoms with Gasteiger partial charge in [0.15, 0.2) is 11.0 Å². The van der Waals surface area contributed by atoms with Crippen LogP contribution in [0.15, 0.2) is 34.7 Å². The third-order valence-corrected chi connectivity index (χ3v) is 2.68. The number of carbonyl (C=O) groups excluding carboxylic acids is 1. The van der Waals surface area contributed by atoms with Crippen LogP contribution in [0.5, 0.6) is 0 Å². The van der Waals surface area contributed by atoms with Gasteiger partial charge in [0.1, 0.15) is 17.6 Å². The summed E-state index contributed by atoms with van der Waals surface area (Å²) in [6.45, 7) is 0. The Morgan fingerprint density at radius 1 is 1.32 bits per heavy atom. The SMILES string of the molecule is N#CC(C(=O)c1ccc(Cl)o1)c1ccc(F)cc1F. The molecule has 0 fully saturated rings. The number of rotatable bonds is 3. The van der Waals surface area contributed by atoms with Crippen molar-refractivity contribution < 1.29 is 18.0 Å². The molecule has 0 N–H and O–H groups in total. The maximum Gasteiger partial charge on any atom is 0.219 e. The first-order chi connectivity index (χ1) is 9.02. The van der Waals surface area contributed by atoms with Crippen LogP contribution in [0.3, 0.4) is 0 Å². The van der Waals surface area contributed by atoms with Crippen molar-refractivity contribution in [2.24, 2.45) is 0 Å². The van der Waals surface area contributed by atoms with E-state index in [-0.39, 0.29) is 16.5 Å². The second kappa shape index (κ2) is 5.21. The number of carbonyl (C=O) groups is 1. The van der Waals surface area contributed by atoms with Crippen LogP contribution >= 0.6 is 11.6 Å². The third kappa shape index (κ3) is 2.64. The highest BCUT2D eigenvalue weighted by atomic mass is 35.5. The minimum Gasteiger partial charge on any atom is -0.442 e. The van der Waals surface area contributed by atoms with Crippen molar-refractivity contribution in [1.82, 2.24) is 0 Å². The van der Waals surface area contributed by atoms with Gasteiger partial charge in [-0.15, -0.1) is 0 Å². The lowest BCUT2D eigenvalue weighted by Gasteiger charge is -2.07. The molecule has 96 valence electrons. The molecule has 0 aliphatic rings. The smallest absolute Gasteiger partial charge is 0.219 e. The van der Waals surface area contributed by atoms with Crippen LogP contribution < -0.4 is 0 Å². The van der Waals surface area contributed by atoms with Crippen molar-refractivity contribution in [2.45, 2.75) is 5.92 Å². The molecule has 1 aromatic carbocycles. The highest BCUT2D eigenvalue weighted by Gasteiger charge is 2.27. The summed E-state index contributed by atoms with van der Waals surface area (Å²) in [4.78, 5) is 12.0. The highest BCUT2D eigenvalue weighted by Crippen LogP contribution is 2.25. The van der Waals surface area contributed by atoms with E-state index in [1.165, 1.54) is 12.1 Å². The van der Waals surface area contributed by atoms with Crippen molar-refractivity contribution in [3.63, 3.8) is 0 Å². The van der Waals surface area contributed by atoms with E-state index in [1.54, 1.807) is 6.07 Å². The predicted molar refractivity (Wildman–Crippen MR) is 62.8 cm³/mol. The third-order valence-electron chi connectivity index (χ3n) is 2.48. The molecule has 1 aromatic heterocycles. The normalized spacial score (nSPS) is 11.9. The molecule has 0 aliphatic heterocycles. The Kier molecular flexibility index (Phi) is 3.63. The monoisotopic (exact) mass is 281 g/mol. The lowest BCUT2D eigenvalue weighted by atomic mass is 9.94. The van der Waals surface area contributed by atoms with Gasteiger partial charge in [-0.3, -0.25) is 4.79 Å². The van der Waals surface area contributed by atoms with Gasteiger partial charge >= 0.3 is 0 Å². The number of hydrogen-bond acceptors (Lipinski definition) is 3. The molecule has 0 saturated heterocycles. The largest absolute Gasteiger partial charge is 0.442 e. The van der Waals surface area contributed by atoms with Gasteiger partial charge < -0.3 is 4.42 Å². The Bertz CT molecular complexity index is 676. The molecule has 2 aromatic rings. The average Bonchev–Trinajstić information content (AvgIpc) is 2.79. The van der Waals surface area contributed by atoms with Crippen molar-refractivity contribution in [3.05, 3.63) is 58.5 Å². The lowest BCUT2D eigenvalue weighted by molar-refractivity contribution is 0.0950. The Balaban J connectivity index is 2.40. The van der Waals surface area contributed by atoms with Gasteiger partial charge in [0.05, 0.1) is 6.07 Å². The highest BCUT2D eigenvalue weighted by molar-refractivity contribution is 6.29. The molecule has 0 spiro atoms. The minimum absolute atomic E-state index is 0.0142. The van der Waals surface area contributed by atoms with Crippen molar-refractivity contribution in [3.8, 4) is 6.07 Å². The fraction of sp³-hybridized carbons (Fsp3) is 0.0769. The van der Waals surface area contributed by atoms with Crippen molar-refractivity contribution in [2.75, 3.05) is 0 Å². The van der Waals surface area contributed by atoms with Gasteiger partial charge in [0, 0.05) is 11.6 Å². The minimum atomic E-state index is -1.41. The number of furan rings is 1. The summed E-state index contributed by atoms with van der Waals surface area (Å²) in [7, 11) is 0. The van der Waals surface area contributed by atoms with E-state index in [1.807, 2.05) is 0 Å². The van der Waals surface area contributed by atoms with Crippen molar-refractivity contribution >= 4 is 17.4 Å². The zero-order chi connectivity index (χ0) is 14.0. The molecule has 0 amide bonds. The van der Waals surface area contributed by atoms with Gasteiger partial charge in [-0.05, 0) is 29.8 Å². The number of hydrogen-bond donors (Lipinski definition) is 0. The molecule has 1 heterocycles. The molecule has 0 bridgehead atoms. The van der Waals surface area contributed by atoms with Crippen LogP contribution in [0.2, 0.25) is 5.22 Å². The van der Waals surface area contributed by atoms with Gasteiger partial charge in [-0.1, -0.05) is 6.07 Å². The fourth-order valence-corrected chi connectivity index (χ4v) is 1.74. The first-order valence-corrected chi connectivity index (χ1v) is 5.55. The first kappa shape index (κ1) is 13.2. The summed E-state index contributed by atoms with van der Waals surface area (Å²) in [6, 6.07) is 6.94. The summed E-state index contributed by atoms with van der Waals surface area (Å²) < 4.78 is 31.2. The maximum atomic E-state index is 13.6. The molecule has 0 aliphatic carbocycles. The van der Waals surface area contributed by atoms with E-state index in [0.29, 0.717) is 6.07 Å². The summed E-state index contributed by atoms with van der Waals surface area (Å²) in [5.74, 6) is -4.05. The van der Waals surface area contributed by atoms with Gasteiger partial charge in [0.2, 0.25) is 5.78 Å². The topological polar surface area (TPSA) is 54.0 Å².